The minimum absolute atomic E-state index is 0.732. The van der Waals surface area contributed by atoms with Crippen molar-refractivity contribution in [1.29, 1.82) is 0 Å². The smallest absolute Gasteiger partial charge is 0.228 e. The molecule has 4 rings (SSSR count). The van der Waals surface area contributed by atoms with Crippen molar-refractivity contribution in [2.45, 2.75) is 17.5 Å². The predicted molar refractivity (Wildman–Crippen MR) is 102 cm³/mol. The van der Waals surface area contributed by atoms with E-state index in [1.807, 2.05) is 18.3 Å². The van der Waals surface area contributed by atoms with Crippen molar-refractivity contribution < 1.29 is 4.74 Å². The Kier molecular flexibility index (Phi) is 5.47. The fourth-order valence-corrected chi connectivity index (χ4v) is 3.79. The number of nitrogens with zero attached hydrogens (tertiary/aromatic N) is 5. The van der Waals surface area contributed by atoms with E-state index < -0.39 is 0 Å². The van der Waals surface area contributed by atoms with Gasteiger partial charge in [0.15, 0.2) is 5.16 Å². The summed E-state index contributed by atoms with van der Waals surface area (Å²) in [6.45, 7) is 3.92. The van der Waals surface area contributed by atoms with Crippen LogP contribution in [0.5, 0.6) is 0 Å². The molecule has 6 nitrogen and oxygen atoms in total. The summed E-state index contributed by atoms with van der Waals surface area (Å²) in [4.78, 5) is 6.45. The maximum absolute atomic E-state index is 5.48. The molecule has 134 valence electrons. The molecule has 0 radical (unpaired) electrons. The second-order valence-electron chi connectivity index (χ2n) is 6.10. The molecule has 0 unspecified atom stereocenters. The van der Waals surface area contributed by atoms with Gasteiger partial charge in [-0.2, -0.15) is 0 Å². The molecule has 3 aromatic rings. The number of ether oxygens (including phenoxy) is 1. The number of thioether (sulfide) groups is 1. The van der Waals surface area contributed by atoms with Crippen LogP contribution in [0, 0.1) is 0 Å². The Bertz CT molecular complexity index is 818. The average Bonchev–Trinajstić information content (AvgIpc) is 3.11. The number of rotatable bonds is 6. The normalized spacial score (nSPS) is 14.5. The van der Waals surface area contributed by atoms with Crippen molar-refractivity contribution >= 4 is 17.7 Å². The van der Waals surface area contributed by atoms with Crippen LogP contribution in [0.3, 0.4) is 0 Å². The SMILES string of the molecule is c1ccc(Cn2c(SCc3cccnc3)nnc2N2CCOCC2)cc1. The maximum atomic E-state index is 5.48. The molecule has 7 heteroatoms. The Morgan fingerprint density at radius 1 is 0.962 bits per heavy atom. The van der Waals surface area contributed by atoms with E-state index in [1.165, 1.54) is 11.1 Å². The van der Waals surface area contributed by atoms with Gasteiger partial charge in [0.05, 0.1) is 19.8 Å². The molecule has 0 spiro atoms. The van der Waals surface area contributed by atoms with E-state index in [4.69, 9.17) is 4.74 Å². The molecule has 0 atom stereocenters. The lowest BCUT2D eigenvalue weighted by atomic mass is 10.2. The first kappa shape index (κ1) is 17.1. The van der Waals surface area contributed by atoms with Crippen LogP contribution in [0.15, 0.2) is 60.0 Å². The first-order valence-corrected chi connectivity index (χ1v) is 9.70. The van der Waals surface area contributed by atoms with Crippen LogP contribution < -0.4 is 4.90 Å². The number of hydrogen-bond donors (Lipinski definition) is 0. The number of benzene rings is 1. The van der Waals surface area contributed by atoms with E-state index in [0.29, 0.717) is 0 Å². The highest BCUT2D eigenvalue weighted by molar-refractivity contribution is 7.98. The largest absolute Gasteiger partial charge is 0.378 e. The third-order valence-electron chi connectivity index (χ3n) is 4.27. The Morgan fingerprint density at radius 2 is 1.77 bits per heavy atom. The van der Waals surface area contributed by atoms with Crippen LogP contribution in [0.2, 0.25) is 0 Å². The summed E-state index contributed by atoms with van der Waals surface area (Å²) in [5, 5.41) is 9.90. The van der Waals surface area contributed by atoms with Gasteiger partial charge in [-0.3, -0.25) is 9.55 Å². The Morgan fingerprint density at radius 3 is 2.54 bits per heavy atom. The van der Waals surface area contributed by atoms with Gasteiger partial charge >= 0.3 is 0 Å². The van der Waals surface area contributed by atoms with E-state index >= 15 is 0 Å². The Hall–Kier alpha value is -2.38. The molecule has 2 aromatic heterocycles. The fourth-order valence-electron chi connectivity index (χ4n) is 2.92. The molecule has 1 fully saturated rings. The standard InChI is InChI=1S/C19H21N5OS/c1-2-5-16(6-3-1)14-24-18(23-9-11-25-12-10-23)21-22-19(24)26-15-17-7-4-8-20-13-17/h1-8,13H,9-12,14-15H2. The maximum Gasteiger partial charge on any atom is 0.228 e. The van der Waals surface area contributed by atoms with Gasteiger partial charge in [-0.15, -0.1) is 10.2 Å². The van der Waals surface area contributed by atoms with Gasteiger partial charge in [-0.05, 0) is 17.2 Å². The van der Waals surface area contributed by atoms with Gasteiger partial charge in [-0.25, -0.2) is 0 Å². The molecule has 3 heterocycles. The molecule has 0 aliphatic carbocycles. The zero-order valence-electron chi connectivity index (χ0n) is 14.5. The molecule has 0 amide bonds. The third kappa shape index (κ3) is 4.05. The highest BCUT2D eigenvalue weighted by Gasteiger charge is 2.20. The van der Waals surface area contributed by atoms with E-state index in [2.05, 4.69) is 55.0 Å². The second kappa shape index (κ2) is 8.33. The van der Waals surface area contributed by atoms with Crippen LogP contribution in [0.25, 0.3) is 0 Å². The molecular weight excluding hydrogens is 346 g/mol. The van der Waals surface area contributed by atoms with Gasteiger partial charge in [0.2, 0.25) is 5.95 Å². The van der Waals surface area contributed by atoms with E-state index in [0.717, 1.165) is 49.7 Å². The van der Waals surface area contributed by atoms with Crippen LogP contribution >= 0.6 is 11.8 Å². The zero-order valence-corrected chi connectivity index (χ0v) is 15.3. The summed E-state index contributed by atoms with van der Waals surface area (Å²) >= 11 is 1.70. The molecule has 1 saturated heterocycles. The molecule has 26 heavy (non-hydrogen) atoms. The number of anilines is 1. The van der Waals surface area contributed by atoms with Gasteiger partial charge in [0.1, 0.15) is 0 Å². The number of morpholine rings is 1. The summed E-state index contributed by atoms with van der Waals surface area (Å²) < 4.78 is 7.69. The lowest BCUT2D eigenvalue weighted by molar-refractivity contribution is 0.121. The molecule has 1 aromatic carbocycles. The highest BCUT2D eigenvalue weighted by atomic mass is 32.2. The Balaban J connectivity index is 1.58. The van der Waals surface area contributed by atoms with Crippen molar-refractivity contribution in [2.75, 3.05) is 31.2 Å². The van der Waals surface area contributed by atoms with E-state index in [1.54, 1.807) is 18.0 Å². The van der Waals surface area contributed by atoms with Crippen LogP contribution in [0.4, 0.5) is 5.95 Å². The lowest BCUT2D eigenvalue weighted by Crippen LogP contribution is -2.38. The predicted octanol–water partition coefficient (Wildman–Crippen LogP) is 2.85. The van der Waals surface area contributed by atoms with Crippen LogP contribution in [0.1, 0.15) is 11.1 Å². The lowest BCUT2D eigenvalue weighted by Gasteiger charge is -2.28. The number of aromatic nitrogens is 4. The molecule has 0 saturated carbocycles. The second-order valence-corrected chi connectivity index (χ2v) is 7.05. The van der Waals surface area contributed by atoms with Crippen molar-refractivity contribution in [3.63, 3.8) is 0 Å². The van der Waals surface area contributed by atoms with Gasteiger partial charge in [0.25, 0.3) is 0 Å². The summed E-state index contributed by atoms with van der Waals surface area (Å²) in [5.41, 5.74) is 2.42. The highest BCUT2D eigenvalue weighted by Crippen LogP contribution is 2.26. The van der Waals surface area contributed by atoms with Crippen molar-refractivity contribution in [1.82, 2.24) is 19.7 Å². The first-order valence-electron chi connectivity index (χ1n) is 8.72. The minimum atomic E-state index is 0.732. The topological polar surface area (TPSA) is 56.1 Å². The monoisotopic (exact) mass is 367 g/mol. The molecule has 0 N–H and O–H groups in total. The molecule has 1 aliphatic heterocycles. The molecule has 0 bridgehead atoms. The first-order chi connectivity index (χ1) is 12.9. The fraction of sp³-hybridized carbons (Fsp3) is 0.316. The van der Waals surface area contributed by atoms with Crippen molar-refractivity contribution in [2.24, 2.45) is 0 Å². The Labute approximate surface area is 157 Å². The van der Waals surface area contributed by atoms with Crippen molar-refractivity contribution in [3.05, 3.63) is 66.0 Å². The van der Waals surface area contributed by atoms with E-state index in [9.17, 15) is 0 Å². The average molecular weight is 367 g/mol. The van der Waals surface area contributed by atoms with Crippen LogP contribution in [-0.4, -0.2) is 46.1 Å². The minimum Gasteiger partial charge on any atom is -0.378 e. The quantitative estimate of drug-likeness (QED) is 0.625. The number of hydrogen-bond acceptors (Lipinski definition) is 6. The summed E-state index contributed by atoms with van der Waals surface area (Å²) in [5.74, 6) is 1.75. The summed E-state index contributed by atoms with van der Waals surface area (Å²) in [7, 11) is 0. The third-order valence-corrected chi connectivity index (χ3v) is 5.30. The number of pyridine rings is 1. The van der Waals surface area contributed by atoms with Gasteiger partial charge < -0.3 is 9.64 Å². The van der Waals surface area contributed by atoms with Crippen LogP contribution in [-0.2, 0) is 17.0 Å². The van der Waals surface area contributed by atoms with Gasteiger partial charge in [-0.1, -0.05) is 48.2 Å². The zero-order chi connectivity index (χ0) is 17.6. The summed E-state index contributed by atoms with van der Waals surface area (Å²) in [6.07, 6.45) is 3.69. The summed E-state index contributed by atoms with van der Waals surface area (Å²) in [6, 6.07) is 14.5. The molecule has 1 aliphatic rings. The van der Waals surface area contributed by atoms with Crippen molar-refractivity contribution in [3.8, 4) is 0 Å². The van der Waals surface area contributed by atoms with Gasteiger partial charge in [0, 0.05) is 31.2 Å². The van der Waals surface area contributed by atoms with E-state index in [-0.39, 0.29) is 0 Å². The molecular formula is C19H21N5OS.